The number of Topliss-reactive ketones (excluding diaryl/α,β-unsaturated/α-hetero) is 1. The van der Waals surface area contributed by atoms with E-state index in [2.05, 4.69) is 15.0 Å². The van der Waals surface area contributed by atoms with Gasteiger partial charge in [0, 0.05) is 24.4 Å². The summed E-state index contributed by atoms with van der Waals surface area (Å²) in [5.41, 5.74) is -2.80. The van der Waals surface area contributed by atoms with Crippen LogP contribution < -0.4 is 19.5 Å². The molecule has 1 N–H and O–H groups in total. The second-order valence-corrected chi connectivity index (χ2v) is 7.65. The highest BCUT2D eigenvalue weighted by Crippen LogP contribution is 2.40. The van der Waals surface area contributed by atoms with E-state index < -0.39 is 52.7 Å². The van der Waals surface area contributed by atoms with Crippen LogP contribution in [0.5, 0.6) is 23.0 Å². The molecule has 0 radical (unpaired) electrons. The van der Waals surface area contributed by atoms with Crippen molar-refractivity contribution < 1.29 is 54.5 Å². The molecule has 0 aliphatic carbocycles. The van der Waals surface area contributed by atoms with Crippen molar-refractivity contribution in [1.29, 1.82) is 0 Å². The molecule has 3 rings (SSSR count). The SMILES string of the molecule is COc1cc(OC(F)(F)F)ccc1Oc1ccc(C(F)(F)F)c(F)c1C(=O)Nc1cc(C)nc(C(C)=O)c1. The van der Waals surface area contributed by atoms with Crippen LogP contribution in [-0.4, -0.2) is 30.1 Å². The lowest BCUT2D eigenvalue weighted by Crippen LogP contribution is -2.19. The molecule has 2 aromatic carbocycles. The number of hydrogen-bond donors (Lipinski definition) is 1. The Hall–Kier alpha value is -4.36. The summed E-state index contributed by atoms with van der Waals surface area (Å²) in [6.07, 6.45) is -10.2. The average molecular weight is 546 g/mol. The molecule has 0 unspecified atom stereocenters. The lowest BCUT2D eigenvalue weighted by atomic mass is 10.1. The molecule has 0 spiro atoms. The van der Waals surface area contributed by atoms with Gasteiger partial charge in [0.2, 0.25) is 0 Å². The van der Waals surface area contributed by atoms with Crippen LogP contribution in [-0.2, 0) is 6.18 Å². The zero-order chi connectivity index (χ0) is 28.4. The van der Waals surface area contributed by atoms with Gasteiger partial charge in [0.05, 0.1) is 12.7 Å². The average Bonchev–Trinajstić information content (AvgIpc) is 2.77. The number of rotatable bonds is 7. The molecule has 0 fully saturated rings. The number of alkyl halides is 6. The van der Waals surface area contributed by atoms with Crippen LogP contribution in [0, 0.1) is 12.7 Å². The Balaban J connectivity index is 2.07. The van der Waals surface area contributed by atoms with Crippen LogP contribution >= 0.6 is 0 Å². The number of benzene rings is 2. The lowest BCUT2D eigenvalue weighted by Gasteiger charge is -2.18. The fourth-order valence-electron chi connectivity index (χ4n) is 3.24. The predicted molar refractivity (Wildman–Crippen MR) is 118 cm³/mol. The van der Waals surface area contributed by atoms with E-state index in [0.717, 1.165) is 31.4 Å². The molecule has 7 nitrogen and oxygen atoms in total. The zero-order valence-corrected chi connectivity index (χ0v) is 19.7. The summed E-state index contributed by atoms with van der Waals surface area (Å²) in [6.45, 7) is 2.68. The largest absolute Gasteiger partial charge is 0.573 e. The van der Waals surface area contributed by atoms with E-state index in [1.165, 1.54) is 19.9 Å². The van der Waals surface area contributed by atoms with Gasteiger partial charge in [0.1, 0.15) is 22.8 Å². The second kappa shape index (κ2) is 10.6. The number of aryl methyl sites for hydroxylation is 1. The van der Waals surface area contributed by atoms with Gasteiger partial charge < -0.3 is 19.5 Å². The maximum atomic E-state index is 15.1. The van der Waals surface area contributed by atoms with E-state index in [1.54, 1.807) is 0 Å². The van der Waals surface area contributed by atoms with Crippen molar-refractivity contribution in [1.82, 2.24) is 4.98 Å². The van der Waals surface area contributed by atoms with Crippen molar-refractivity contribution in [2.24, 2.45) is 0 Å². The third-order valence-electron chi connectivity index (χ3n) is 4.80. The molecule has 1 aromatic heterocycles. The van der Waals surface area contributed by atoms with Crippen molar-refractivity contribution >= 4 is 17.4 Å². The Labute approximate surface area is 210 Å². The summed E-state index contributed by atoms with van der Waals surface area (Å²) in [7, 11) is 1.05. The molecule has 38 heavy (non-hydrogen) atoms. The second-order valence-electron chi connectivity index (χ2n) is 7.65. The number of nitrogens with zero attached hydrogens (tertiary/aromatic N) is 1. The molecule has 0 atom stereocenters. The van der Waals surface area contributed by atoms with Crippen LogP contribution in [0.3, 0.4) is 0 Å². The molecule has 1 heterocycles. The van der Waals surface area contributed by atoms with Crippen LogP contribution in [0.1, 0.15) is 39.0 Å². The Bertz CT molecular complexity index is 1390. The minimum Gasteiger partial charge on any atom is -0.493 e. The summed E-state index contributed by atoms with van der Waals surface area (Å²) in [6, 6.07) is 5.93. The molecule has 0 aliphatic heterocycles. The fourth-order valence-corrected chi connectivity index (χ4v) is 3.24. The van der Waals surface area contributed by atoms with Gasteiger partial charge in [-0.1, -0.05) is 0 Å². The van der Waals surface area contributed by atoms with Crippen molar-refractivity contribution in [3.63, 3.8) is 0 Å². The number of halogens is 7. The van der Waals surface area contributed by atoms with Gasteiger partial charge in [0.25, 0.3) is 5.91 Å². The highest BCUT2D eigenvalue weighted by Gasteiger charge is 2.38. The highest BCUT2D eigenvalue weighted by atomic mass is 19.4. The number of aromatic nitrogens is 1. The predicted octanol–water partition coefficient (Wildman–Crippen LogP) is 6.70. The first-order chi connectivity index (χ1) is 17.6. The Morgan fingerprint density at radius 2 is 1.58 bits per heavy atom. The van der Waals surface area contributed by atoms with E-state index in [9.17, 15) is 35.9 Å². The summed E-state index contributed by atoms with van der Waals surface area (Å²) in [5, 5.41) is 2.21. The maximum Gasteiger partial charge on any atom is 0.573 e. The molecule has 202 valence electrons. The standard InChI is InChI=1S/C24H17F7N2O5/c1-11-8-13(9-16(32-11)12(2)34)33-22(35)20-18(7-5-15(21(20)25)23(26,27)28)37-17-6-4-14(10-19(17)36-3)38-24(29,30)31/h4-10H,1-3H3,(H,32,33,35). The number of hydrogen-bond acceptors (Lipinski definition) is 6. The van der Waals surface area contributed by atoms with Crippen molar-refractivity contribution in [3.05, 3.63) is 70.8 Å². The number of anilines is 1. The van der Waals surface area contributed by atoms with Crippen molar-refractivity contribution in [2.75, 3.05) is 12.4 Å². The molecule has 0 aliphatic rings. The Morgan fingerprint density at radius 1 is 0.921 bits per heavy atom. The first-order valence-electron chi connectivity index (χ1n) is 10.4. The van der Waals surface area contributed by atoms with Gasteiger partial charge in [0.15, 0.2) is 23.1 Å². The summed E-state index contributed by atoms with van der Waals surface area (Å²) < 4.78 is 107. The number of amides is 1. The highest BCUT2D eigenvalue weighted by molar-refractivity contribution is 6.07. The van der Waals surface area contributed by atoms with Crippen molar-refractivity contribution in [2.45, 2.75) is 26.4 Å². The molecule has 1 amide bonds. The van der Waals surface area contributed by atoms with Gasteiger partial charge in [-0.15, -0.1) is 13.2 Å². The molecule has 14 heteroatoms. The third-order valence-corrected chi connectivity index (χ3v) is 4.80. The third kappa shape index (κ3) is 6.69. The van der Waals surface area contributed by atoms with Crippen LogP contribution in [0.2, 0.25) is 0 Å². The van der Waals surface area contributed by atoms with Crippen molar-refractivity contribution in [3.8, 4) is 23.0 Å². The first-order valence-corrected chi connectivity index (χ1v) is 10.4. The number of carbonyl (C=O) groups excluding carboxylic acids is 2. The maximum absolute atomic E-state index is 15.1. The molecular formula is C24H17F7N2O5. The van der Waals surface area contributed by atoms with E-state index >= 15 is 4.39 Å². The van der Waals surface area contributed by atoms with Crippen LogP contribution in [0.4, 0.5) is 36.4 Å². The van der Waals surface area contributed by atoms with E-state index in [-0.39, 0.29) is 28.6 Å². The summed E-state index contributed by atoms with van der Waals surface area (Å²) in [4.78, 5) is 28.6. The number of nitrogens with one attached hydrogen (secondary N) is 1. The molecule has 0 saturated heterocycles. The van der Waals surface area contributed by atoms with Crippen LogP contribution in [0.25, 0.3) is 0 Å². The molecule has 0 bridgehead atoms. The lowest BCUT2D eigenvalue weighted by molar-refractivity contribution is -0.274. The molecular weight excluding hydrogens is 529 g/mol. The Morgan fingerprint density at radius 3 is 2.16 bits per heavy atom. The monoisotopic (exact) mass is 546 g/mol. The van der Waals surface area contributed by atoms with Gasteiger partial charge in [-0.05, 0) is 43.3 Å². The van der Waals surface area contributed by atoms with Gasteiger partial charge in [-0.25, -0.2) is 9.37 Å². The van der Waals surface area contributed by atoms with Crippen LogP contribution in [0.15, 0.2) is 42.5 Å². The normalized spacial score (nSPS) is 11.6. The molecule has 0 saturated carbocycles. The fraction of sp³-hybridized carbons (Fsp3) is 0.208. The topological polar surface area (TPSA) is 86.8 Å². The number of methoxy groups -OCH3 is 1. The van der Waals surface area contributed by atoms with E-state index in [0.29, 0.717) is 12.1 Å². The minimum absolute atomic E-state index is 0.0628. The smallest absolute Gasteiger partial charge is 0.493 e. The van der Waals surface area contributed by atoms with Gasteiger partial charge >= 0.3 is 12.5 Å². The number of ether oxygens (including phenoxy) is 3. The quantitative estimate of drug-likeness (QED) is 0.262. The number of ketones is 1. The molecule has 3 aromatic rings. The first kappa shape index (κ1) is 28.2. The number of pyridine rings is 1. The van der Waals surface area contributed by atoms with Gasteiger partial charge in [-0.3, -0.25) is 9.59 Å². The van der Waals surface area contributed by atoms with E-state index in [4.69, 9.17) is 9.47 Å². The Kier molecular flexibility index (Phi) is 7.84. The van der Waals surface area contributed by atoms with E-state index in [1.807, 2.05) is 0 Å². The zero-order valence-electron chi connectivity index (χ0n) is 19.7. The summed E-state index contributed by atoms with van der Waals surface area (Å²) in [5.74, 6) is -5.96. The minimum atomic E-state index is -5.18. The van der Waals surface area contributed by atoms with Gasteiger partial charge in [-0.2, -0.15) is 13.2 Å². The summed E-state index contributed by atoms with van der Waals surface area (Å²) >= 11 is 0. The number of carbonyl (C=O) groups is 2.